The molecule has 0 aliphatic heterocycles. The fourth-order valence-electron chi connectivity index (χ4n) is 2.30. The number of anilines is 3. The lowest BCUT2D eigenvalue weighted by Crippen LogP contribution is -2.15. The van der Waals surface area contributed by atoms with E-state index >= 15 is 0 Å². The molecule has 1 heterocycles. The topological polar surface area (TPSA) is 66.9 Å². The van der Waals surface area contributed by atoms with Gasteiger partial charge in [-0.05, 0) is 49.2 Å². The Hall–Kier alpha value is -2.92. The van der Waals surface area contributed by atoms with Gasteiger partial charge in [-0.1, -0.05) is 29.8 Å². The first-order valence-corrected chi connectivity index (χ1v) is 8.13. The largest absolute Gasteiger partial charge is 0.339 e. The van der Waals surface area contributed by atoms with Crippen LogP contribution in [0.4, 0.5) is 17.2 Å². The van der Waals surface area contributed by atoms with Crippen molar-refractivity contribution >= 4 is 34.7 Å². The third-order valence-corrected chi connectivity index (χ3v) is 4.07. The summed E-state index contributed by atoms with van der Waals surface area (Å²) in [6, 6.07) is 13.0. The zero-order valence-electron chi connectivity index (χ0n) is 13.9. The predicted molar refractivity (Wildman–Crippen MR) is 101 cm³/mol. The van der Waals surface area contributed by atoms with E-state index in [2.05, 4.69) is 20.6 Å². The second-order valence-corrected chi connectivity index (χ2v) is 6.06. The Balaban J connectivity index is 1.71. The van der Waals surface area contributed by atoms with Gasteiger partial charge in [0, 0.05) is 16.4 Å². The monoisotopic (exact) mass is 352 g/mol. The summed E-state index contributed by atoms with van der Waals surface area (Å²) in [6.07, 6.45) is 2.95. The van der Waals surface area contributed by atoms with Gasteiger partial charge in [-0.3, -0.25) is 4.79 Å². The molecule has 3 aromatic rings. The molecule has 0 saturated carbocycles. The van der Waals surface area contributed by atoms with Gasteiger partial charge in [0.1, 0.15) is 11.5 Å². The minimum Gasteiger partial charge on any atom is -0.339 e. The molecule has 0 atom stereocenters. The van der Waals surface area contributed by atoms with Crippen LogP contribution in [0.2, 0.25) is 5.02 Å². The van der Waals surface area contributed by atoms with Crippen LogP contribution in [0.1, 0.15) is 21.6 Å². The first kappa shape index (κ1) is 16.9. The van der Waals surface area contributed by atoms with Crippen molar-refractivity contribution in [2.45, 2.75) is 13.8 Å². The van der Waals surface area contributed by atoms with Crippen LogP contribution in [0, 0.1) is 13.8 Å². The number of hydrogen-bond donors (Lipinski definition) is 2. The highest BCUT2D eigenvalue weighted by Crippen LogP contribution is 2.20. The molecule has 0 spiro atoms. The fraction of sp³-hybridized carbons (Fsp3) is 0.105. The highest BCUT2D eigenvalue weighted by atomic mass is 35.5. The summed E-state index contributed by atoms with van der Waals surface area (Å²) in [5.74, 6) is 0.237. The standard InChI is InChI=1S/C19H17ClN4O/c1-12-5-3-8-16(13(12)2)24-19(25)17-10-22-18(11-21-17)23-15-7-4-6-14(20)9-15/h3-11H,1-2H3,(H,22,23)(H,24,25). The average molecular weight is 353 g/mol. The number of carbonyl (C=O) groups excluding carboxylic acids is 1. The van der Waals surface area contributed by atoms with E-state index < -0.39 is 0 Å². The molecule has 0 aliphatic rings. The number of rotatable bonds is 4. The second kappa shape index (κ2) is 7.32. The van der Waals surface area contributed by atoms with Crippen LogP contribution >= 0.6 is 11.6 Å². The summed E-state index contributed by atoms with van der Waals surface area (Å²) < 4.78 is 0. The number of nitrogens with zero attached hydrogens (tertiary/aromatic N) is 2. The SMILES string of the molecule is Cc1cccc(NC(=O)c2cnc(Nc3cccc(Cl)c3)cn2)c1C. The maximum Gasteiger partial charge on any atom is 0.275 e. The van der Waals surface area contributed by atoms with E-state index in [1.165, 1.54) is 12.4 Å². The average Bonchev–Trinajstić information content (AvgIpc) is 2.59. The Bertz CT molecular complexity index is 910. The van der Waals surface area contributed by atoms with Crippen LogP contribution in [0.25, 0.3) is 0 Å². The van der Waals surface area contributed by atoms with Crippen molar-refractivity contribution in [3.63, 3.8) is 0 Å². The molecule has 25 heavy (non-hydrogen) atoms. The lowest BCUT2D eigenvalue weighted by Gasteiger charge is -2.10. The summed E-state index contributed by atoms with van der Waals surface area (Å²) in [4.78, 5) is 20.7. The van der Waals surface area contributed by atoms with Crippen LogP contribution in [0.5, 0.6) is 0 Å². The van der Waals surface area contributed by atoms with Crippen LogP contribution in [-0.4, -0.2) is 15.9 Å². The zero-order chi connectivity index (χ0) is 17.8. The van der Waals surface area contributed by atoms with Crippen molar-refractivity contribution in [2.24, 2.45) is 0 Å². The van der Waals surface area contributed by atoms with Crippen LogP contribution in [0.3, 0.4) is 0 Å². The molecule has 126 valence electrons. The van der Waals surface area contributed by atoms with Crippen LogP contribution in [-0.2, 0) is 0 Å². The Morgan fingerprint density at radius 1 is 1.04 bits per heavy atom. The van der Waals surface area contributed by atoms with E-state index in [-0.39, 0.29) is 11.6 Å². The van der Waals surface area contributed by atoms with E-state index in [1.807, 2.05) is 44.2 Å². The normalized spacial score (nSPS) is 10.4. The molecule has 6 heteroatoms. The van der Waals surface area contributed by atoms with Gasteiger partial charge in [0.25, 0.3) is 5.91 Å². The number of aryl methyl sites for hydroxylation is 1. The van der Waals surface area contributed by atoms with Crippen molar-refractivity contribution in [1.29, 1.82) is 0 Å². The number of aromatic nitrogens is 2. The summed E-state index contributed by atoms with van der Waals surface area (Å²) in [5.41, 5.74) is 3.97. The van der Waals surface area contributed by atoms with Crippen molar-refractivity contribution < 1.29 is 4.79 Å². The van der Waals surface area contributed by atoms with Crippen molar-refractivity contribution in [3.05, 3.63) is 76.7 Å². The molecular formula is C19H17ClN4O. The molecule has 0 radical (unpaired) electrons. The lowest BCUT2D eigenvalue weighted by molar-refractivity contribution is 0.102. The number of amides is 1. The number of benzene rings is 2. The first-order valence-electron chi connectivity index (χ1n) is 7.75. The summed E-state index contributed by atoms with van der Waals surface area (Å²) >= 11 is 5.95. The van der Waals surface area contributed by atoms with E-state index in [4.69, 9.17) is 11.6 Å². The molecule has 1 amide bonds. The van der Waals surface area contributed by atoms with E-state index in [0.29, 0.717) is 10.8 Å². The van der Waals surface area contributed by atoms with Crippen LogP contribution < -0.4 is 10.6 Å². The van der Waals surface area contributed by atoms with Gasteiger partial charge in [-0.2, -0.15) is 0 Å². The van der Waals surface area contributed by atoms with Gasteiger partial charge in [0.2, 0.25) is 0 Å². The molecule has 0 bridgehead atoms. The van der Waals surface area contributed by atoms with Gasteiger partial charge in [0.05, 0.1) is 12.4 Å². The van der Waals surface area contributed by atoms with E-state index in [0.717, 1.165) is 22.5 Å². The summed E-state index contributed by atoms with van der Waals surface area (Å²) in [5, 5.41) is 6.58. The third kappa shape index (κ3) is 4.14. The third-order valence-electron chi connectivity index (χ3n) is 3.83. The molecule has 2 aromatic carbocycles. The maximum absolute atomic E-state index is 12.3. The lowest BCUT2D eigenvalue weighted by atomic mass is 10.1. The highest BCUT2D eigenvalue weighted by molar-refractivity contribution is 6.30. The maximum atomic E-state index is 12.3. The van der Waals surface area contributed by atoms with E-state index in [9.17, 15) is 4.79 Å². The Morgan fingerprint density at radius 2 is 1.84 bits per heavy atom. The fourth-order valence-corrected chi connectivity index (χ4v) is 2.49. The molecule has 0 fully saturated rings. The molecule has 3 rings (SSSR count). The van der Waals surface area contributed by atoms with Crippen molar-refractivity contribution in [2.75, 3.05) is 10.6 Å². The van der Waals surface area contributed by atoms with Crippen molar-refractivity contribution in [1.82, 2.24) is 9.97 Å². The highest BCUT2D eigenvalue weighted by Gasteiger charge is 2.10. The quantitative estimate of drug-likeness (QED) is 0.711. The molecule has 0 unspecified atom stereocenters. The molecule has 0 aliphatic carbocycles. The predicted octanol–water partition coefficient (Wildman–Crippen LogP) is 4.74. The van der Waals surface area contributed by atoms with Gasteiger partial charge in [-0.15, -0.1) is 0 Å². The number of halogens is 1. The van der Waals surface area contributed by atoms with Gasteiger partial charge in [-0.25, -0.2) is 9.97 Å². The molecular weight excluding hydrogens is 336 g/mol. The summed E-state index contributed by atoms with van der Waals surface area (Å²) in [7, 11) is 0. The van der Waals surface area contributed by atoms with Gasteiger partial charge < -0.3 is 10.6 Å². The smallest absolute Gasteiger partial charge is 0.275 e. The number of hydrogen-bond acceptors (Lipinski definition) is 4. The molecule has 1 aromatic heterocycles. The zero-order valence-corrected chi connectivity index (χ0v) is 14.6. The molecule has 2 N–H and O–H groups in total. The van der Waals surface area contributed by atoms with Gasteiger partial charge >= 0.3 is 0 Å². The summed E-state index contributed by atoms with van der Waals surface area (Å²) in [6.45, 7) is 3.97. The number of nitrogens with one attached hydrogen (secondary N) is 2. The number of carbonyl (C=O) groups is 1. The Morgan fingerprint density at radius 3 is 2.56 bits per heavy atom. The minimum atomic E-state index is -0.296. The van der Waals surface area contributed by atoms with E-state index in [1.54, 1.807) is 12.1 Å². The van der Waals surface area contributed by atoms with Gasteiger partial charge in [0.15, 0.2) is 0 Å². The molecule has 0 saturated heterocycles. The Kier molecular flexibility index (Phi) is 4.95. The molecule has 5 nitrogen and oxygen atoms in total. The minimum absolute atomic E-state index is 0.248. The van der Waals surface area contributed by atoms with Crippen molar-refractivity contribution in [3.8, 4) is 0 Å². The second-order valence-electron chi connectivity index (χ2n) is 5.62. The Labute approximate surface area is 151 Å². The first-order chi connectivity index (χ1) is 12.0. The van der Waals surface area contributed by atoms with Crippen LogP contribution in [0.15, 0.2) is 54.9 Å².